The summed E-state index contributed by atoms with van der Waals surface area (Å²) >= 11 is 0. The number of aliphatic hydroxyl groups excluding tert-OH is 1. The molecule has 122 valence electrons. The number of pyridine rings is 1. The second-order valence-electron chi connectivity index (χ2n) is 6.23. The van der Waals surface area contributed by atoms with E-state index in [1.807, 2.05) is 57.2 Å². The lowest BCUT2D eigenvalue weighted by Gasteiger charge is -2.19. The summed E-state index contributed by atoms with van der Waals surface area (Å²) in [5.41, 5.74) is 2.78. The quantitative estimate of drug-likeness (QED) is 0.908. The van der Waals surface area contributed by atoms with Crippen molar-refractivity contribution in [1.82, 2.24) is 10.3 Å². The topological polar surface area (TPSA) is 71.5 Å². The number of amides is 1. The molecule has 0 aliphatic heterocycles. The normalized spacial score (nSPS) is 11.1. The van der Waals surface area contributed by atoms with Crippen LogP contribution in [0.25, 0.3) is 11.3 Å². The summed E-state index contributed by atoms with van der Waals surface area (Å²) in [7, 11) is 0. The molecule has 0 atom stereocenters. The predicted octanol–water partition coefficient (Wildman–Crippen LogP) is 3.27. The fourth-order valence-corrected chi connectivity index (χ4v) is 2.06. The van der Waals surface area contributed by atoms with Crippen molar-refractivity contribution in [2.75, 3.05) is 0 Å². The fraction of sp³-hybridized carbons (Fsp3) is 0.333. The molecule has 1 heterocycles. The molecule has 0 radical (unpaired) electrons. The Hall–Kier alpha value is -2.40. The fourth-order valence-electron chi connectivity index (χ4n) is 2.06. The maximum absolute atomic E-state index is 11.7. The van der Waals surface area contributed by atoms with Crippen LogP contribution in [-0.2, 0) is 17.9 Å². The summed E-state index contributed by atoms with van der Waals surface area (Å²) < 4.78 is 5.21. The van der Waals surface area contributed by atoms with Crippen molar-refractivity contribution in [3.05, 3.63) is 53.7 Å². The molecule has 0 bridgehead atoms. The highest BCUT2D eigenvalue weighted by atomic mass is 16.6. The Morgan fingerprint density at radius 1 is 1.22 bits per heavy atom. The van der Waals surface area contributed by atoms with Crippen molar-refractivity contribution >= 4 is 6.09 Å². The molecule has 2 N–H and O–H groups in total. The number of aliphatic hydroxyl groups is 1. The van der Waals surface area contributed by atoms with Crippen LogP contribution in [-0.4, -0.2) is 21.8 Å². The van der Waals surface area contributed by atoms with Crippen LogP contribution in [0, 0.1) is 0 Å². The molecule has 1 aromatic carbocycles. The van der Waals surface area contributed by atoms with E-state index in [0.717, 1.165) is 16.8 Å². The zero-order valence-electron chi connectivity index (χ0n) is 13.7. The molecular weight excluding hydrogens is 292 g/mol. The molecule has 2 rings (SSSR count). The first-order valence-electron chi connectivity index (χ1n) is 7.50. The van der Waals surface area contributed by atoms with E-state index in [2.05, 4.69) is 10.3 Å². The van der Waals surface area contributed by atoms with Gasteiger partial charge in [0, 0.05) is 12.1 Å². The lowest BCUT2D eigenvalue weighted by Crippen LogP contribution is -2.32. The minimum Gasteiger partial charge on any atom is -0.444 e. The highest BCUT2D eigenvalue weighted by Gasteiger charge is 2.15. The highest BCUT2D eigenvalue weighted by molar-refractivity contribution is 5.68. The molecule has 0 spiro atoms. The third kappa shape index (κ3) is 5.38. The van der Waals surface area contributed by atoms with E-state index in [4.69, 9.17) is 4.74 Å². The molecule has 5 nitrogen and oxygen atoms in total. The summed E-state index contributed by atoms with van der Waals surface area (Å²) in [6, 6.07) is 13.3. The van der Waals surface area contributed by atoms with Crippen molar-refractivity contribution in [2.24, 2.45) is 0 Å². The molecule has 0 fully saturated rings. The molecule has 0 unspecified atom stereocenters. The Bertz CT molecular complexity index is 678. The second-order valence-corrected chi connectivity index (χ2v) is 6.23. The van der Waals surface area contributed by atoms with Gasteiger partial charge in [-0.3, -0.25) is 4.98 Å². The third-order valence-corrected chi connectivity index (χ3v) is 3.03. The van der Waals surface area contributed by atoms with Gasteiger partial charge in [0.05, 0.1) is 18.0 Å². The van der Waals surface area contributed by atoms with Crippen LogP contribution in [0.3, 0.4) is 0 Å². The van der Waals surface area contributed by atoms with E-state index in [9.17, 15) is 9.90 Å². The largest absolute Gasteiger partial charge is 0.444 e. The van der Waals surface area contributed by atoms with E-state index in [1.54, 1.807) is 6.07 Å². The average molecular weight is 314 g/mol. The number of hydrogen-bond donors (Lipinski definition) is 2. The number of alkyl carbamates (subject to hydrolysis) is 1. The van der Waals surface area contributed by atoms with Crippen LogP contribution in [0.5, 0.6) is 0 Å². The molecule has 1 amide bonds. The minimum absolute atomic E-state index is 0.0896. The molecule has 0 saturated heterocycles. The van der Waals surface area contributed by atoms with Crippen molar-refractivity contribution in [3.8, 4) is 11.3 Å². The minimum atomic E-state index is -0.513. The number of rotatable bonds is 4. The van der Waals surface area contributed by atoms with Gasteiger partial charge in [-0.2, -0.15) is 0 Å². The van der Waals surface area contributed by atoms with Gasteiger partial charge >= 0.3 is 6.09 Å². The van der Waals surface area contributed by atoms with Gasteiger partial charge in [-0.15, -0.1) is 0 Å². The average Bonchev–Trinajstić information content (AvgIpc) is 2.52. The molecule has 5 heteroatoms. The summed E-state index contributed by atoms with van der Waals surface area (Å²) in [4.78, 5) is 16.1. The van der Waals surface area contributed by atoms with Gasteiger partial charge in [0.1, 0.15) is 5.60 Å². The number of aromatic nitrogens is 1. The van der Waals surface area contributed by atoms with Crippen molar-refractivity contribution in [1.29, 1.82) is 0 Å². The highest BCUT2D eigenvalue weighted by Crippen LogP contribution is 2.19. The molecule has 0 aliphatic carbocycles. The van der Waals surface area contributed by atoms with E-state index in [-0.39, 0.29) is 6.61 Å². The van der Waals surface area contributed by atoms with Crippen LogP contribution in [0.1, 0.15) is 32.0 Å². The van der Waals surface area contributed by atoms with E-state index in [1.165, 1.54) is 0 Å². The van der Waals surface area contributed by atoms with E-state index >= 15 is 0 Å². The van der Waals surface area contributed by atoms with Gasteiger partial charge in [-0.1, -0.05) is 24.3 Å². The first-order chi connectivity index (χ1) is 10.9. The van der Waals surface area contributed by atoms with Crippen molar-refractivity contribution in [2.45, 2.75) is 39.5 Å². The number of nitrogens with one attached hydrogen (secondary N) is 1. The summed E-state index contributed by atoms with van der Waals surface area (Å²) in [5, 5.41) is 11.9. The van der Waals surface area contributed by atoms with Gasteiger partial charge in [0.25, 0.3) is 0 Å². The summed E-state index contributed by atoms with van der Waals surface area (Å²) in [5.74, 6) is 0. The number of hydrogen-bond acceptors (Lipinski definition) is 4. The van der Waals surface area contributed by atoms with Crippen molar-refractivity contribution in [3.63, 3.8) is 0 Å². The van der Waals surface area contributed by atoms with Crippen LogP contribution in [0.4, 0.5) is 4.79 Å². The van der Waals surface area contributed by atoms with Crippen LogP contribution in [0.15, 0.2) is 42.5 Å². The molecule has 2 aromatic rings. The Labute approximate surface area is 136 Å². The Kier molecular flexibility index (Phi) is 5.34. The Balaban J connectivity index is 2.06. The molecule has 0 aliphatic rings. The van der Waals surface area contributed by atoms with Crippen LogP contribution < -0.4 is 5.32 Å². The molecule has 1 aromatic heterocycles. The zero-order chi connectivity index (χ0) is 16.9. The van der Waals surface area contributed by atoms with Crippen LogP contribution >= 0.6 is 0 Å². The van der Waals surface area contributed by atoms with Gasteiger partial charge in [0.2, 0.25) is 0 Å². The summed E-state index contributed by atoms with van der Waals surface area (Å²) in [6.45, 7) is 5.77. The first kappa shape index (κ1) is 17.0. The van der Waals surface area contributed by atoms with Gasteiger partial charge in [-0.25, -0.2) is 4.79 Å². The second kappa shape index (κ2) is 7.24. The molecule has 23 heavy (non-hydrogen) atoms. The van der Waals surface area contributed by atoms with Gasteiger partial charge < -0.3 is 15.2 Å². The zero-order valence-corrected chi connectivity index (χ0v) is 13.7. The lowest BCUT2D eigenvalue weighted by atomic mass is 10.1. The van der Waals surface area contributed by atoms with Crippen molar-refractivity contribution < 1.29 is 14.6 Å². The Morgan fingerprint density at radius 2 is 1.96 bits per heavy atom. The number of nitrogens with zero attached hydrogens (tertiary/aromatic N) is 1. The number of ether oxygens (including phenoxy) is 1. The van der Waals surface area contributed by atoms with Crippen LogP contribution in [0.2, 0.25) is 0 Å². The lowest BCUT2D eigenvalue weighted by molar-refractivity contribution is 0.0523. The monoisotopic (exact) mass is 314 g/mol. The smallest absolute Gasteiger partial charge is 0.407 e. The molecular formula is C18H22N2O3. The van der Waals surface area contributed by atoms with E-state index in [0.29, 0.717) is 12.2 Å². The summed E-state index contributed by atoms with van der Waals surface area (Å²) in [6.07, 6.45) is -0.441. The standard InChI is InChI=1S/C18H22N2O3/c1-18(2,3)23-17(22)19-11-13-6-4-7-14(10-13)16-9-5-8-15(12-21)20-16/h4-10,21H,11-12H2,1-3H3,(H,19,22). The maximum atomic E-state index is 11.7. The van der Waals surface area contributed by atoms with E-state index < -0.39 is 11.7 Å². The molecule has 0 saturated carbocycles. The maximum Gasteiger partial charge on any atom is 0.407 e. The first-order valence-corrected chi connectivity index (χ1v) is 7.50. The number of carbonyl (C=O) groups excluding carboxylic acids is 1. The number of carbonyl (C=O) groups is 1. The van der Waals surface area contributed by atoms with Gasteiger partial charge in [-0.05, 0) is 44.5 Å². The number of benzene rings is 1. The Morgan fingerprint density at radius 3 is 2.65 bits per heavy atom. The SMILES string of the molecule is CC(C)(C)OC(=O)NCc1cccc(-c2cccc(CO)n2)c1. The van der Waals surface area contributed by atoms with Gasteiger partial charge in [0.15, 0.2) is 0 Å². The predicted molar refractivity (Wildman–Crippen MR) is 88.7 cm³/mol. The third-order valence-electron chi connectivity index (χ3n) is 3.03.